The summed E-state index contributed by atoms with van der Waals surface area (Å²) in [6.45, 7) is 0. The molecule has 178 valence electrons. The van der Waals surface area contributed by atoms with Gasteiger partial charge in [0, 0.05) is 30.6 Å². The van der Waals surface area contributed by atoms with Gasteiger partial charge in [-0.3, -0.25) is 18.7 Å². The average Bonchev–Trinajstić information content (AvgIpc) is 3.36. The van der Waals surface area contributed by atoms with E-state index in [4.69, 9.17) is 4.42 Å². The van der Waals surface area contributed by atoms with E-state index in [0.717, 1.165) is 20.5 Å². The van der Waals surface area contributed by atoms with E-state index >= 15 is 0 Å². The number of amides is 1. The zero-order valence-electron chi connectivity index (χ0n) is 17.3. The number of aryl methyl sites for hydroxylation is 1. The number of halogens is 5. The standard InChI is InChI=1S/C20H13F5N4O4S/c1-28-16(31)14-9(6-33-17(14)29(2)19(28)32)5-13(30)27-18-26-12(7-34-18)8-3-10(21)15(11(22)4-8)20(23,24)25/h3-4,6-7H,5H2,1-2H3,(H,26,27,30). The fraction of sp³-hybridized carbons (Fsp3) is 0.200. The summed E-state index contributed by atoms with van der Waals surface area (Å²) in [5, 5.41) is 3.80. The zero-order chi connectivity index (χ0) is 24.9. The quantitative estimate of drug-likeness (QED) is 0.433. The fourth-order valence-electron chi connectivity index (χ4n) is 3.35. The number of furan rings is 1. The topological polar surface area (TPSA) is 99.1 Å². The number of carbonyl (C=O) groups is 1. The van der Waals surface area contributed by atoms with E-state index in [0.29, 0.717) is 12.1 Å². The molecule has 0 spiro atoms. The maximum atomic E-state index is 13.9. The van der Waals surface area contributed by atoms with Gasteiger partial charge in [-0.1, -0.05) is 0 Å². The molecule has 0 aliphatic rings. The smallest absolute Gasteiger partial charge is 0.422 e. The van der Waals surface area contributed by atoms with Crippen LogP contribution in [0.4, 0.5) is 27.1 Å². The van der Waals surface area contributed by atoms with E-state index in [1.165, 1.54) is 25.7 Å². The maximum absolute atomic E-state index is 13.9. The largest absolute Gasteiger partial charge is 0.447 e. The average molecular weight is 500 g/mol. The summed E-state index contributed by atoms with van der Waals surface area (Å²) in [5.41, 5.74) is -3.33. The summed E-state index contributed by atoms with van der Waals surface area (Å²) in [6, 6.07) is 1.01. The molecular weight excluding hydrogens is 487 g/mol. The number of nitrogens with zero attached hydrogens (tertiary/aromatic N) is 3. The molecule has 8 nitrogen and oxygen atoms in total. The summed E-state index contributed by atoms with van der Waals surface area (Å²) < 4.78 is 73.2. The van der Waals surface area contributed by atoms with Crippen LogP contribution in [-0.2, 0) is 31.5 Å². The highest BCUT2D eigenvalue weighted by Crippen LogP contribution is 2.36. The predicted octanol–water partition coefficient (Wildman–Crippen LogP) is 3.43. The first-order chi connectivity index (χ1) is 15.9. The lowest BCUT2D eigenvalue weighted by atomic mass is 10.1. The molecule has 0 aliphatic heterocycles. The number of alkyl halides is 3. The van der Waals surface area contributed by atoms with Gasteiger partial charge in [-0.05, 0) is 12.1 Å². The molecule has 4 rings (SSSR count). The molecular formula is C20H13F5N4O4S. The number of hydrogen-bond donors (Lipinski definition) is 1. The van der Waals surface area contributed by atoms with Crippen LogP contribution in [0.1, 0.15) is 11.1 Å². The van der Waals surface area contributed by atoms with Gasteiger partial charge in [0.25, 0.3) is 5.56 Å². The molecule has 0 fully saturated rings. The maximum Gasteiger partial charge on any atom is 0.422 e. The van der Waals surface area contributed by atoms with E-state index in [1.807, 2.05) is 0 Å². The molecule has 3 aromatic heterocycles. The summed E-state index contributed by atoms with van der Waals surface area (Å²) in [6.07, 6.45) is -4.34. The summed E-state index contributed by atoms with van der Waals surface area (Å²) in [7, 11) is 2.69. The third-order valence-corrected chi connectivity index (χ3v) is 5.73. The van der Waals surface area contributed by atoms with E-state index < -0.39 is 40.5 Å². The van der Waals surface area contributed by atoms with Crippen LogP contribution < -0.4 is 16.6 Å². The first kappa shape index (κ1) is 23.4. The van der Waals surface area contributed by atoms with Gasteiger partial charge in [0.2, 0.25) is 11.6 Å². The SMILES string of the molecule is Cn1c(=O)c2c(CC(=O)Nc3nc(-c4cc(F)c(C(F)(F)F)c(F)c4)cs3)coc2n(C)c1=O. The fourth-order valence-corrected chi connectivity index (χ4v) is 4.08. The molecule has 1 N–H and O–H groups in total. The van der Waals surface area contributed by atoms with Crippen molar-refractivity contribution >= 4 is 33.5 Å². The van der Waals surface area contributed by atoms with Crippen LogP contribution in [0.3, 0.4) is 0 Å². The first-order valence-corrected chi connectivity index (χ1v) is 10.2. The van der Waals surface area contributed by atoms with Crippen molar-refractivity contribution in [2.75, 3.05) is 5.32 Å². The molecule has 0 saturated carbocycles. The lowest BCUT2D eigenvalue weighted by molar-refractivity contribution is -0.142. The van der Waals surface area contributed by atoms with Crippen molar-refractivity contribution in [1.29, 1.82) is 0 Å². The third-order valence-electron chi connectivity index (χ3n) is 4.97. The number of carbonyl (C=O) groups excluding carboxylic acids is 1. The Bertz CT molecular complexity index is 1540. The minimum Gasteiger partial charge on any atom is -0.447 e. The summed E-state index contributed by atoms with van der Waals surface area (Å²) in [5.74, 6) is -4.20. The number of anilines is 1. The van der Waals surface area contributed by atoms with Crippen molar-refractivity contribution in [3.63, 3.8) is 0 Å². The van der Waals surface area contributed by atoms with Gasteiger partial charge >= 0.3 is 11.9 Å². The highest BCUT2D eigenvalue weighted by atomic mass is 32.1. The molecule has 0 saturated heterocycles. The second-order valence-corrected chi connectivity index (χ2v) is 8.08. The molecule has 1 amide bonds. The Morgan fingerprint density at radius 1 is 1.15 bits per heavy atom. The van der Waals surface area contributed by atoms with Crippen LogP contribution in [-0.4, -0.2) is 20.0 Å². The molecule has 0 aliphatic carbocycles. The van der Waals surface area contributed by atoms with Gasteiger partial charge < -0.3 is 9.73 Å². The van der Waals surface area contributed by atoms with Crippen LogP contribution in [0.5, 0.6) is 0 Å². The van der Waals surface area contributed by atoms with E-state index in [1.54, 1.807) is 0 Å². The lowest BCUT2D eigenvalue weighted by Crippen LogP contribution is -2.36. The van der Waals surface area contributed by atoms with E-state index in [9.17, 15) is 36.3 Å². The van der Waals surface area contributed by atoms with Gasteiger partial charge in [0.1, 0.15) is 22.6 Å². The molecule has 4 aromatic rings. The minimum atomic E-state index is -5.20. The second-order valence-electron chi connectivity index (χ2n) is 7.22. The van der Waals surface area contributed by atoms with Crippen molar-refractivity contribution < 1.29 is 31.2 Å². The Morgan fingerprint density at radius 2 is 1.79 bits per heavy atom. The van der Waals surface area contributed by atoms with Crippen molar-refractivity contribution in [3.8, 4) is 11.3 Å². The van der Waals surface area contributed by atoms with Crippen LogP contribution in [0, 0.1) is 11.6 Å². The van der Waals surface area contributed by atoms with Crippen LogP contribution >= 0.6 is 11.3 Å². The van der Waals surface area contributed by atoms with Crippen LogP contribution in [0.25, 0.3) is 22.4 Å². The van der Waals surface area contributed by atoms with Gasteiger partial charge in [0.05, 0.1) is 18.4 Å². The third kappa shape index (κ3) is 4.00. The van der Waals surface area contributed by atoms with Crippen LogP contribution in [0.2, 0.25) is 0 Å². The van der Waals surface area contributed by atoms with E-state index in [2.05, 4.69) is 10.3 Å². The monoisotopic (exact) mass is 500 g/mol. The first-order valence-electron chi connectivity index (χ1n) is 9.36. The van der Waals surface area contributed by atoms with Crippen molar-refractivity contribution in [2.24, 2.45) is 14.1 Å². The number of fused-ring (bicyclic) bond motifs is 1. The van der Waals surface area contributed by atoms with Gasteiger partial charge in [0.15, 0.2) is 5.13 Å². The van der Waals surface area contributed by atoms with Crippen molar-refractivity contribution in [2.45, 2.75) is 12.6 Å². The summed E-state index contributed by atoms with van der Waals surface area (Å²) >= 11 is 0.876. The second kappa shape index (κ2) is 8.20. The number of nitrogens with one attached hydrogen (secondary N) is 1. The number of benzene rings is 1. The molecule has 0 radical (unpaired) electrons. The molecule has 1 aromatic carbocycles. The zero-order valence-corrected chi connectivity index (χ0v) is 18.1. The number of hydrogen-bond acceptors (Lipinski definition) is 6. The predicted molar refractivity (Wildman–Crippen MR) is 111 cm³/mol. The van der Waals surface area contributed by atoms with Crippen molar-refractivity contribution in [1.82, 2.24) is 14.1 Å². The molecule has 14 heteroatoms. The van der Waals surface area contributed by atoms with Crippen LogP contribution in [0.15, 0.2) is 37.8 Å². The highest BCUT2D eigenvalue weighted by Gasteiger charge is 2.38. The Labute approximate surface area is 189 Å². The van der Waals surface area contributed by atoms with Gasteiger partial charge in [-0.15, -0.1) is 11.3 Å². The Hall–Kier alpha value is -3.81. The Balaban J connectivity index is 1.57. The number of aromatic nitrogens is 3. The Morgan fingerprint density at radius 3 is 2.41 bits per heavy atom. The molecule has 0 bridgehead atoms. The van der Waals surface area contributed by atoms with Crippen molar-refractivity contribution in [3.05, 3.63) is 67.4 Å². The minimum absolute atomic E-state index is 0.00112. The number of thiazole rings is 1. The molecule has 0 atom stereocenters. The Kier molecular flexibility index (Phi) is 5.63. The summed E-state index contributed by atoms with van der Waals surface area (Å²) in [4.78, 5) is 40.9. The molecule has 3 heterocycles. The number of rotatable bonds is 4. The van der Waals surface area contributed by atoms with Gasteiger partial charge in [-0.25, -0.2) is 18.6 Å². The molecule has 34 heavy (non-hydrogen) atoms. The normalized spacial score (nSPS) is 11.9. The lowest BCUT2D eigenvalue weighted by Gasteiger charge is -2.10. The van der Waals surface area contributed by atoms with E-state index in [-0.39, 0.29) is 39.5 Å². The molecule has 0 unspecified atom stereocenters. The highest BCUT2D eigenvalue weighted by molar-refractivity contribution is 7.14. The van der Waals surface area contributed by atoms with Gasteiger partial charge in [-0.2, -0.15) is 13.2 Å².